The first kappa shape index (κ1) is 22.7. The molecule has 4 saturated carbocycles. The van der Waals surface area contributed by atoms with Crippen molar-refractivity contribution in [2.24, 2.45) is 23.7 Å². The molecule has 5 fully saturated rings. The second-order valence-electron chi connectivity index (χ2n) is 14.0. The molecule has 3 aromatic carbocycles. The first-order valence-electron chi connectivity index (χ1n) is 14.7. The Morgan fingerprint density at radius 3 is 2.05 bits per heavy atom. The van der Waals surface area contributed by atoms with Crippen LogP contribution in [0.15, 0.2) is 54.6 Å². The maximum absolute atomic E-state index is 6.78. The van der Waals surface area contributed by atoms with E-state index in [9.17, 15) is 0 Å². The maximum atomic E-state index is 6.78. The molecular weight excluding hydrogens is 483 g/mol. The number of benzene rings is 3. The highest BCUT2D eigenvalue weighted by Crippen LogP contribution is 2.70. The van der Waals surface area contributed by atoms with Gasteiger partial charge in [0, 0.05) is 25.6 Å². The van der Waals surface area contributed by atoms with Gasteiger partial charge >= 0.3 is 7.12 Å². The molecule has 0 N–H and O–H groups in total. The van der Waals surface area contributed by atoms with Gasteiger partial charge in [-0.2, -0.15) is 0 Å². The molecule has 4 heteroatoms. The van der Waals surface area contributed by atoms with Gasteiger partial charge in [0.2, 0.25) is 0 Å². The first-order chi connectivity index (χ1) is 18.3. The van der Waals surface area contributed by atoms with Gasteiger partial charge in [-0.15, -0.1) is 11.3 Å². The van der Waals surface area contributed by atoms with Crippen LogP contribution in [-0.2, 0) is 14.7 Å². The summed E-state index contributed by atoms with van der Waals surface area (Å²) in [5.41, 5.74) is 6.78. The Bertz CT molecular complexity index is 1620. The maximum Gasteiger partial charge on any atom is 0.495 e. The van der Waals surface area contributed by atoms with Crippen LogP contribution >= 0.6 is 11.3 Å². The van der Waals surface area contributed by atoms with E-state index >= 15 is 0 Å². The average Bonchev–Trinajstić information content (AvgIpc) is 3.47. The molecule has 192 valence electrons. The van der Waals surface area contributed by atoms with Crippen molar-refractivity contribution >= 4 is 44.1 Å². The molecule has 0 amide bonds. The predicted octanol–water partition coefficient (Wildman–Crippen LogP) is 8.08. The zero-order valence-electron chi connectivity index (χ0n) is 22.8. The predicted molar refractivity (Wildman–Crippen MR) is 158 cm³/mol. The van der Waals surface area contributed by atoms with E-state index in [0.29, 0.717) is 11.8 Å². The monoisotopic (exact) mass is 518 g/mol. The topological polar surface area (TPSA) is 18.5 Å². The summed E-state index contributed by atoms with van der Waals surface area (Å²) in [5, 5.41) is 2.98. The highest BCUT2D eigenvalue weighted by Gasteiger charge is 2.64. The van der Waals surface area contributed by atoms with Gasteiger partial charge in [-0.3, -0.25) is 0 Å². The third-order valence-corrected chi connectivity index (χ3v) is 12.8. The van der Waals surface area contributed by atoms with Gasteiger partial charge in [0.1, 0.15) is 0 Å². The normalized spacial score (nSPS) is 33.5. The van der Waals surface area contributed by atoms with Crippen molar-refractivity contribution in [1.82, 2.24) is 0 Å². The van der Waals surface area contributed by atoms with Crippen LogP contribution in [0.1, 0.15) is 70.9 Å². The summed E-state index contributed by atoms with van der Waals surface area (Å²) in [7, 11) is -0.326. The Kier molecular flexibility index (Phi) is 4.25. The van der Waals surface area contributed by atoms with Crippen molar-refractivity contribution in [2.75, 3.05) is 0 Å². The van der Waals surface area contributed by atoms with Crippen molar-refractivity contribution in [1.29, 1.82) is 0 Å². The quantitative estimate of drug-likeness (QED) is 0.237. The van der Waals surface area contributed by atoms with Crippen LogP contribution in [0, 0.1) is 23.7 Å². The van der Waals surface area contributed by atoms with Crippen molar-refractivity contribution in [3.05, 3.63) is 65.7 Å². The van der Waals surface area contributed by atoms with Crippen molar-refractivity contribution in [2.45, 2.75) is 76.4 Å². The number of rotatable bonds is 1. The summed E-state index contributed by atoms with van der Waals surface area (Å²) in [6.07, 6.45) is 6.97. The lowest BCUT2D eigenvalue weighted by Crippen LogP contribution is -2.57. The van der Waals surface area contributed by atoms with E-state index in [1.807, 2.05) is 11.3 Å². The second-order valence-corrected chi connectivity index (χ2v) is 15.1. The van der Waals surface area contributed by atoms with E-state index < -0.39 is 0 Å². The lowest BCUT2D eigenvalue weighted by molar-refractivity contribution is -0.0390. The van der Waals surface area contributed by atoms with Crippen LogP contribution in [0.25, 0.3) is 31.3 Å². The minimum atomic E-state index is -0.347. The number of fused-ring (bicyclic) bond motifs is 7. The van der Waals surface area contributed by atoms with Crippen molar-refractivity contribution < 1.29 is 9.31 Å². The number of hydrogen-bond acceptors (Lipinski definition) is 3. The summed E-state index contributed by atoms with van der Waals surface area (Å²) in [6.45, 7) is 8.74. The van der Waals surface area contributed by atoms with Gasteiger partial charge in [-0.25, -0.2) is 0 Å². The molecule has 0 radical (unpaired) electrons. The minimum Gasteiger partial charge on any atom is -0.399 e. The Hall–Kier alpha value is -2.14. The third-order valence-electron chi connectivity index (χ3n) is 11.7. The fourth-order valence-electron chi connectivity index (χ4n) is 9.76. The van der Waals surface area contributed by atoms with Crippen molar-refractivity contribution in [3.8, 4) is 11.1 Å². The zero-order valence-corrected chi connectivity index (χ0v) is 23.7. The van der Waals surface area contributed by atoms with Gasteiger partial charge in [0.05, 0.1) is 11.2 Å². The van der Waals surface area contributed by atoms with Gasteiger partial charge in [0.25, 0.3) is 0 Å². The van der Waals surface area contributed by atoms with Gasteiger partial charge in [0.15, 0.2) is 0 Å². The third kappa shape index (κ3) is 2.59. The number of hydrogen-bond donors (Lipinski definition) is 0. The molecule has 6 aliphatic rings. The molecular formula is C34H35BO2S. The van der Waals surface area contributed by atoms with E-state index in [0.717, 1.165) is 11.8 Å². The second kappa shape index (κ2) is 7.13. The fraction of sp³-hybridized carbons (Fsp3) is 0.471. The van der Waals surface area contributed by atoms with Crippen LogP contribution in [0.5, 0.6) is 0 Å². The first-order valence-corrected chi connectivity index (χ1v) is 15.5. The summed E-state index contributed by atoms with van der Waals surface area (Å²) in [4.78, 5) is 0. The van der Waals surface area contributed by atoms with Gasteiger partial charge in [-0.05, 0) is 123 Å². The Morgan fingerprint density at radius 2 is 1.34 bits per heavy atom. The van der Waals surface area contributed by atoms with E-state index in [1.54, 1.807) is 11.1 Å². The van der Waals surface area contributed by atoms with E-state index in [2.05, 4.69) is 82.3 Å². The highest BCUT2D eigenvalue weighted by molar-refractivity contribution is 7.25. The van der Waals surface area contributed by atoms with Crippen LogP contribution in [0.4, 0.5) is 0 Å². The smallest absolute Gasteiger partial charge is 0.399 e. The summed E-state index contributed by atoms with van der Waals surface area (Å²) < 4.78 is 16.4. The van der Waals surface area contributed by atoms with E-state index in [1.165, 1.54) is 68.9 Å². The average molecular weight is 519 g/mol. The molecule has 4 aromatic rings. The largest absolute Gasteiger partial charge is 0.495 e. The van der Waals surface area contributed by atoms with Gasteiger partial charge in [-0.1, -0.05) is 42.5 Å². The summed E-state index contributed by atoms with van der Waals surface area (Å²) in [6, 6.07) is 21.0. The fourth-order valence-corrected chi connectivity index (χ4v) is 10.9. The molecule has 1 saturated heterocycles. The summed E-state index contributed by atoms with van der Waals surface area (Å²) >= 11 is 1.97. The van der Waals surface area contributed by atoms with E-state index in [-0.39, 0.29) is 23.7 Å². The van der Waals surface area contributed by atoms with Gasteiger partial charge < -0.3 is 9.31 Å². The SMILES string of the molecule is CC1(C)OB(c2cccc3c2C2(c4c-3ccc3sc5ccccc5c43)C3CC4CC(C3)CC2C4)OC1(C)C. The molecule has 10 rings (SSSR count). The molecule has 0 atom stereocenters. The molecule has 2 nitrogen and oxygen atoms in total. The zero-order chi connectivity index (χ0) is 25.6. The Morgan fingerprint density at radius 1 is 0.684 bits per heavy atom. The van der Waals surface area contributed by atoms with Crippen LogP contribution < -0.4 is 5.46 Å². The van der Waals surface area contributed by atoms with Crippen LogP contribution in [0.2, 0.25) is 0 Å². The van der Waals surface area contributed by atoms with Crippen LogP contribution in [-0.4, -0.2) is 18.3 Å². The minimum absolute atomic E-state index is 0.0572. The molecule has 4 bridgehead atoms. The lowest BCUT2D eigenvalue weighted by atomic mass is 9.42. The van der Waals surface area contributed by atoms with E-state index in [4.69, 9.17) is 9.31 Å². The molecule has 2 heterocycles. The van der Waals surface area contributed by atoms with Crippen molar-refractivity contribution in [3.63, 3.8) is 0 Å². The molecule has 5 aliphatic carbocycles. The standard InChI is InChI=1S/C34H35BO2S/c1-32(2)33(3,4)37-35(36-32)26-10-7-9-23-24-12-13-28-29(25-8-5-6-11-27(25)38-28)31(24)34(30(23)26)21-15-19-14-20(17-21)18-22(34)16-19/h5-13,19-22H,14-18H2,1-4H3. The lowest BCUT2D eigenvalue weighted by Gasteiger charge is -2.61. The molecule has 1 aliphatic heterocycles. The highest BCUT2D eigenvalue weighted by atomic mass is 32.1. The number of thiophene rings is 1. The molecule has 1 aromatic heterocycles. The summed E-state index contributed by atoms with van der Waals surface area (Å²) in [5.74, 6) is 3.23. The Balaban J connectivity index is 1.38. The molecule has 38 heavy (non-hydrogen) atoms. The molecule has 0 unspecified atom stereocenters. The van der Waals surface area contributed by atoms with Crippen LogP contribution in [0.3, 0.4) is 0 Å². The Labute approximate surface area is 229 Å². The molecule has 1 spiro atoms.